The van der Waals surface area contributed by atoms with Crippen LogP contribution in [0.1, 0.15) is 24.8 Å². The second-order valence-corrected chi connectivity index (χ2v) is 5.79. The number of alkyl halides is 2. The molecule has 0 spiro atoms. The van der Waals surface area contributed by atoms with Crippen LogP contribution in [0.2, 0.25) is 0 Å². The molecule has 0 radical (unpaired) electrons. The van der Waals surface area contributed by atoms with Crippen LogP contribution in [0.4, 0.5) is 13.6 Å². The van der Waals surface area contributed by atoms with Crippen molar-refractivity contribution in [1.29, 1.82) is 0 Å². The van der Waals surface area contributed by atoms with E-state index in [1.54, 1.807) is 12.1 Å². The van der Waals surface area contributed by atoms with Crippen molar-refractivity contribution in [2.45, 2.75) is 38.5 Å². The third kappa shape index (κ3) is 3.43. The maximum atomic E-state index is 12.1. The predicted molar refractivity (Wildman–Crippen MR) is 73.1 cm³/mol. The quantitative estimate of drug-likeness (QED) is 0.878. The monoisotopic (exact) mass is 296 g/mol. The number of nitrogens with one attached hydrogen (secondary N) is 2. The SMILES string of the molecule is O=C(NCc1cccc(OC(F)F)c1)N[C@@H]1CC2CC1C2. The number of hydrogen-bond donors (Lipinski definition) is 2. The van der Waals surface area contributed by atoms with Crippen molar-refractivity contribution in [2.24, 2.45) is 11.8 Å². The van der Waals surface area contributed by atoms with Gasteiger partial charge in [-0.2, -0.15) is 8.78 Å². The maximum Gasteiger partial charge on any atom is 0.387 e. The van der Waals surface area contributed by atoms with Gasteiger partial charge in [-0.05, 0) is 48.8 Å². The molecule has 4 rings (SSSR count). The molecule has 2 bridgehead atoms. The van der Waals surface area contributed by atoms with Crippen LogP contribution in [0.15, 0.2) is 24.3 Å². The van der Waals surface area contributed by atoms with E-state index in [0.717, 1.165) is 17.9 Å². The fourth-order valence-corrected chi connectivity index (χ4v) is 3.27. The van der Waals surface area contributed by atoms with Gasteiger partial charge in [-0.15, -0.1) is 0 Å². The number of fused-ring (bicyclic) bond motifs is 1. The van der Waals surface area contributed by atoms with Gasteiger partial charge >= 0.3 is 12.6 Å². The number of ether oxygens (including phenoxy) is 1. The molecule has 1 atom stereocenters. The minimum absolute atomic E-state index is 0.0984. The average molecular weight is 296 g/mol. The molecule has 1 aromatic carbocycles. The number of benzene rings is 1. The van der Waals surface area contributed by atoms with Crippen LogP contribution in [0, 0.1) is 11.8 Å². The van der Waals surface area contributed by atoms with Crippen molar-refractivity contribution in [1.82, 2.24) is 10.6 Å². The summed E-state index contributed by atoms with van der Waals surface area (Å²) in [5.41, 5.74) is 0.721. The Balaban J connectivity index is 1.46. The lowest BCUT2D eigenvalue weighted by Crippen LogP contribution is -2.42. The lowest BCUT2D eigenvalue weighted by molar-refractivity contribution is -0.0498. The van der Waals surface area contributed by atoms with E-state index in [1.807, 2.05) is 0 Å². The largest absolute Gasteiger partial charge is 0.435 e. The Morgan fingerprint density at radius 3 is 2.81 bits per heavy atom. The van der Waals surface area contributed by atoms with E-state index in [4.69, 9.17) is 0 Å². The first-order chi connectivity index (χ1) is 10.1. The summed E-state index contributed by atoms with van der Waals surface area (Å²) in [6.07, 6.45) is 3.55. The normalized spacial score (nSPS) is 26.3. The molecule has 6 heteroatoms. The highest BCUT2D eigenvalue weighted by Crippen LogP contribution is 2.48. The zero-order chi connectivity index (χ0) is 14.8. The molecule has 114 valence electrons. The molecule has 3 aliphatic rings. The van der Waals surface area contributed by atoms with Crippen molar-refractivity contribution in [3.05, 3.63) is 29.8 Å². The van der Waals surface area contributed by atoms with Gasteiger partial charge in [0.1, 0.15) is 5.75 Å². The van der Waals surface area contributed by atoms with E-state index in [9.17, 15) is 13.6 Å². The fraction of sp³-hybridized carbons (Fsp3) is 0.533. The summed E-state index contributed by atoms with van der Waals surface area (Å²) in [4.78, 5) is 11.8. The molecular formula is C15H18F2N2O2. The Morgan fingerprint density at radius 1 is 1.33 bits per heavy atom. The fourth-order valence-electron chi connectivity index (χ4n) is 3.27. The molecule has 2 N–H and O–H groups in total. The van der Waals surface area contributed by atoms with Gasteiger partial charge in [-0.25, -0.2) is 4.79 Å². The van der Waals surface area contributed by atoms with Crippen LogP contribution < -0.4 is 15.4 Å². The van der Waals surface area contributed by atoms with Crippen LogP contribution in [0.25, 0.3) is 0 Å². The summed E-state index contributed by atoms with van der Waals surface area (Å²) < 4.78 is 28.6. The molecule has 3 fully saturated rings. The van der Waals surface area contributed by atoms with Crippen molar-refractivity contribution in [3.63, 3.8) is 0 Å². The topological polar surface area (TPSA) is 50.4 Å². The van der Waals surface area contributed by atoms with E-state index >= 15 is 0 Å². The summed E-state index contributed by atoms with van der Waals surface area (Å²) in [6, 6.07) is 6.43. The van der Waals surface area contributed by atoms with Crippen LogP contribution in [0.3, 0.4) is 0 Å². The molecule has 4 nitrogen and oxygen atoms in total. The Labute approximate surface area is 121 Å². The van der Waals surface area contributed by atoms with Crippen LogP contribution >= 0.6 is 0 Å². The number of rotatable bonds is 5. The second kappa shape index (κ2) is 5.87. The Hall–Kier alpha value is -1.85. The summed E-state index contributed by atoms with van der Waals surface area (Å²) in [7, 11) is 0. The maximum absolute atomic E-state index is 12.1. The first-order valence-electron chi connectivity index (χ1n) is 7.18. The van der Waals surface area contributed by atoms with Crippen molar-refractivity contribution in [3.8, 4) is 5.75 Å². The van der Waals surface area contributed by atoms with Gasteiger partial charge in [-0.1, -0.05) is 12.1 Å². The minimum Gasteiger partial charge on any atom is -0.435 e. The van der Waals surface area contributed by atoms with Gasteiger partial charge in [0, 0.05) is 12.6 Å². The third-order valence-corrected chi connectivity index (χ3v) is 4.32. The predicted octanol–water partition coefficient (Wildman–Crippen LogP) is 2.89. The van der Waals surface area contributed by atoms with Gasteiger partial charge in [-0.3, -0.25) is 0 Å². The van der Waals surface area contributed by atoms with Gasteiger partial charge < -0.3 is 15.4 Å². The minimum atomic E-state index is -2.84. The van der Waals surface area contributed by atoms with Crippen LogP contribution in [0.5, 0.6) is 5.75 Å². The highest BCUT2D eigenvalue weighted by atomic mass is 19.3. The van der Waals surface area contributed by atoms with E-state index < -0.39 is 6.61 Å². The average Bonchev–Trinajstić information content (AvgIpc) is 2.94. The van der Waals surface area contributed by atoms with Crippen LogP contribution in [-0.4, -0.2) is 18.7 Å². The highest BCUT2D eigenvalue weighted by Gasteiger charge is 2.44. The zero-order valence-corrected chi connectivity index (χ0v) is 11.5. The standard InChI is InChI=1S/C15H18F2N2O2/c16-14(17)21-12-3-1-2-9(6-12)8-18-15(20)19-13-7-10-4-11(13)5-10/h1-3,6,10-11,13-14H,4-5,7-8H2,(H2,18,19,20)/t10?,11?,13-/m1/s1. The molecule has 0 saturated heterocycles. The molecule has 0 aromatic heterocycles. The zero-order valence-electron chi connectivity index (χ0n) is 11.5. The second-order valence-electron chi connectivity index (χ2n) is 5.79. The van der Waals surface area contributed by atoms with Gasteiger partial charge in [0.15, 0.2) is 0 Å². The van der Waals surface area contributed by atoms with Crippen LogP contribution in [-0.2, 0) is 6.54 Å². The summed E-state index contributed by atoms with van der Waals surface area (Å²) in [6.45, 7) is -2.56. The smallest absolute Gasteiger partial charge is 0.387 e. The number of hydrogen-bond acceptors (Lipinski definition) is 2. The van der Waals surface area contributed by atoms with Crippen molar-refractivity contribution in [2.75, 3.05) is 0 Å². The molecule has 1 aromatic rings. The number of urea groups is 1. The molecule has 21 heavy (non-hydrogen) atoms. The summed E-state index contributed by atoms with van der Waals surface area (Å²) >= 11 is 0. The molecule has 0 heterocycles. The first-order valence-corrected chi connectivity index (χ1v) is 7.18. The van der Waals surface area contributed by atoms with Gasteiger partial charge in [0.05, 0.1) is 0 Å². The molecule has 0 unspecified atom stereocenters. The van der Waals surface area contributed by atoms with E-state index in [-0.39, 0.29) is 18.3 Å². The van der Waals surface area contributed by atoms with Gasteiger partial charge in [0.2, 0.25) is 0 Å². The number of halogens is 2. The third-order valence-electron chi connectivity index (χ3n) is 4.32. The highest BCUT2D eigenvalue weighted by molar-refractivity contribution is 5.74. The number of carbonyl (C=O) groups is 1. The Bertz CT molecular complexity index is 518. The number of amides is 2. The number of carbonyl (C=O) groups excluding carboxylic acids is 1. The van der Waals surface area contributed by atoms with Crippen molar-refractivity contribution >= 4 is 6.03 Å². The lowest BCUT2D eigenvalue weighted by atomic mass is 9.84. The molecule has 2 amide bonds. The van der Waals surface area contributed by atoms with E-state index in [0.29, 0.717) is 12.0 Å². The Kier molecular flexibility index (Phi) is 3.94. The summed E-state index contributed by atoms with van der Waals surface area (Å²) in [5.74, 6) is 1.54. The van der Waals surface area contributed by atoms with E-state index in [1.165, 1.54) is 25.0 Å². The lowest BCUT2D eigenvalue weighted by Gasteiger charge is -2.24. The Morgan fingerprint density at radius 2 is 2.14 bits per heavy atom. The van der Waals surface area contributed by atoms with E-state index in [2.05, 4.69) is 15.4 Å². The first kappa shape index (κ1) is 14.1. The molecule has 3 saturated carbocycles. The summed E-state index contributed by atoms with van der Waals surface area (Å²) in [5, 5.41) is 5.74. The molecule has 0 aliphatic heterocycles. The van der Waals surface area contributed by atoms with Crippen molar-refractivity contribution < 1.29 is 18.3 Å². The van der Waals surface area contributed by atoms with Gasteiger partial charge in [0.25, 0.3) is 0 Å². The molecular weight excluding hydrogens is 278 g/mol. The molecule has 3 aliphatic carbocycles.